The molecular weight excluding hydrogens is 236 g/mol. The third-order valence-corrected chi connectivity index (χ3v) is 3.45. The first-order valence-corrected chi connectivity index (χ1v) is 6.24. The second-order valence-corrected chi connectivity index (χ2v) is 4.99. The highest BCUT2D eigenvalue weighted by Crippen LogP contribution is 2.23. The summed E-state index contributed by atoms with van der Waals surface area (Å²) in [5.74, 6) is 0.0290. The standard InChI is InChI=1S/C12H22N2O4/c1-8(2)9-4-5-14(7-9)12(17)13-6-10(18-3)11(15)16/h8-10H,4-7H2,1-3H3,(H,13,17)(H,15,16). The fraction of sp³-hybridized carbons (Fsp3) is 0.833. The number of urea groups is 1. The summed E-state index contributed by atoms with van der Waals surface area (Å²) in [5, 5.41) is 11.4. The molecule has 0 saturated carbocycles. The van der Waals surface area contributed by atoms with Gasteiger partial charge >= 0.3 is 12.0 Å². The number of aliphatic carboxylic acids is 1. The van der Waals surface area contributed by atoms with Crippen LogP contribution in [0.2, 0.25) is 0 Å². The molecule has 0 aromatic carbocycles. The van der Waals surface area contributed by atoms with Crippen LogP contribution in [0.4, 0.5) is 4.79 Å². The van der Waals surface area contributed by atoms with Crippen molar-refractivity contribution < 1.29 is 19.4 Å². The lowest BCUT2D eigenvalue weighted by atomic mass is 9.95. The molecule has 6 nitrogen and oxygen atoms in total. The Morgan fingerprint density at radius 2 is 2.17 bits per heavy atom. The van der Waals surface area contributed by atoms with E-state index in [0.29, 0.717) is 11.8 Å². The number of nitrogens with zero attached hydrogens (tertiary/aromatic N) is 1. The van der Waals surface area contributed by atoms with Gasteiger partial charge in [-0.2, -0.15) is 0 Å². The molecule has 2 unspecified atom stereocenters. The van der Waals surface area contributed by atoms with Crippen molar-refractivity contribution in [2.75, 3.05) is 26.7 Å². The molecule has 1 heterocycles. The van der Waals surface area contributed by atoms with E-state index in [2.05, 4.69) is 19.2 Å². The first-order chi connectivity index (χ1) is 8.45. The molecular formula is C12H22N2O4. The number of carboxylic acid groups (broad SMARTS) is 1. The van der Waals surface area contributed by atoms with Crippen LogP contribution in [0.15, 0.2) is 0 Å². The van der Waals surface area contributed by atoms with E-state index in [1.165, 1.54) is 7.11 Å². The molecule has 1 fully saturated rings. The lowest BCUT2D eigenvalue weighted by Gasteiger charge is -2.20. The molecule has 18 heavy (non-hydrogen) atoms. The van der Waals surface area contributed by atoms with Crippen molar-refractivity contribution in [1.82, 2.24) is 10.2 Å². The van der Waals surface area contributed by atoms with Gasteiger partial charge in [-0.1, -0.05) is 13.8 Å². The van der Waals surface area contributed by atoms with Crippen LogP contribution < -0.4 is 5.32 Å². The second kappa shape index (κ2) is 6.58. The molecule has 2 amide bonds. The minimum atomic E-state index is -1.07. The maximum absolute atomic E-state index is 11.8. The van der Waals surface area contributed by atoms with Crippen LogP contribution in [-0.2, 0) is 9.53 Å². The smallest absolute Gasteiger partial charge is 0.334 e. The number of likely N-dealkylation sites (tertiary alicyclic amines) is 1. The minimum absolute atomic E-state index is 0.00644. The molecule has 1 rings (SSSR count). The number of carboxylic acids is 1. The van der Waals surface area contributed by atoms with E-state index in [1.54, 1.807) is 4.90 Å². The second-order valence-electron chi connectivity index (χ2n) is 4.99. The van der Waals surface area contributed by atoms with Crippen LogP contribution in [0, 0.1) is 11.8 Å². The summed E-state index contributed by atoms with van der Waals surface area (Å²) >= 11 is 0. The SMILES string of the molecule is COC(CNC(=O)N1CCC(C(C)C)C1)C(=O)O. The number of ether oxygens (including phenoxy) is 1. The Balaban J connectivity index is 2.36. The highest BCUT2D eigenvalue weighted by atomic mass is 16.5. The number of methoxy groups -OCH3 is 1. The van der Waals surface area contributed by atoms with Crippen molar-refractivity contribution in [2.45, 2.75) is 26.4 Å². The number of hydrogen-bond donors (Lipinski definition) is 2. The number of hydrogen-bond acceptors (Lipinski definition) is 3. The third kappa shape index (κ3) is 3.87. The number of nitrogens with one attached hydrogen (secondary N) is 1. The number of carbonyl (C=O) groups excluding carboxylic acids is 1. The number of amides is 2. The molecule has 0 radical (unpaired) electrons. The van der Waals surface area contributed by atoms with Crippen LogP contribution in [0.3, 0.4) is 0 Å². The van der Waals surface area contributed by atoms with E-state index in [9.17, 15) is 9.59 Å². The first kappa shape index (κ1) is 14.8. The molecule has 104 valence electrons. The Bertz CT molecular complexity index is 306. The molecule has 2 N–H and O–H groups in total. The van der Waals surface area contributed by atoms with E-state index in [0.717, 1.165) is 19.5 Å². The maximum atomic E-state index is 11.8. The van der Waals surface area contributed by atoms with Crippen molar-refractivity contribution in [2.24, 2.45) is 11.8 Å². The van der Waals surface area contributed by atoms with Gasteiger partial charge in [0.1, 0.15) is 0 Å². The average Bonchev–Trinajstić information content (AvgIpc) is 2.78. The van der Waals surface area contributed by atoms with Gasteiger partial charge in [-0.25, -0.2) is 9.59 Å². The van der Waals surface area contributed by atoms with E-state index in [-0.39, 0.29) is 12.6 Å². The molecule has 2 atom stereocenters. The quantitative estimate of drug-likeness (QED) is 0.763. The van der Waals surface area contributed by atoms with Crippen molar-refractivity contribution >= 4 is 12.0 Å². The summed E-state index contributed by atoms with van der Waals surface area (Å²) in [7, 11) is 1.32. The van der Waals surface area contributed by atoms with E-state index in [4.69, 9.17) is 9.84 Å². The highest BCUT2D eigenvalue weighted by Gasteiger charge is 2.28. The summed E-state index contributed by atoms with van der Waals surface area (Å²) in [6.07, 6.45) is 0.0232. The molecule has 1 saturated heterocycles. The van der Waals surface area contributed by atoms with Gasteiger partial charge in [0.05, 0.1) is 6.54 Å². The molecule has 0 aliphatic carbocycles. The van der Waals surface area contributed by atoms with Crippen LogP contribution in [0.1, 0.15) is 20.3 Å². The third-order valence-electron chi connectivity index (χ3n) is 3.45. The molecule has 0 aromatic heterocycles. The normalized spacial score (nSPS) is 21.1. The van der Waals surface area contributed by atoms with Crippen LogP contribution >= 0.6 is 0 Å². The average molecular weight is 258 g/mol. The lowest BCUT2D eigenvalue weighted by molar-refractivity contribution is -0.148. The Morgan fingerprint density at radius 3 is 2.61 bits per heavy atom. The fourth-order valence-corrected chi connectivity index (χ4v) is 2.08. The summed E-state index contributed by atoms with van der Waals surface area (Å²) in [4.78, 5) is 24.3. The van der Waals surface area contributed by atoms with Gasteiger partial charge in [0.15, 0.2) is 6.10 Å². The van der Waals surface area contributed by atoms with Gasteiger partial charge in [0.2, 0.25) is 0 Å². The van der Waals surface area contributed by atoms with Crippen molar-refractivity contribution in [3.63, 3.8) is 0 Å². The molecule has 1 aliphatic rings. The predicted molar refractivity (Wildman–Crippen MR) is 66.3 cm³/mol. The van der Waals surface area contributed by atoms with Crippen molar-refractivity contribution in [1.29, 1.82) is 0 Å². The molecule has 6 heteroatoms. The fourth-order valence-electron chi connectivity index (χ4n) is 2.08. The van der Waals surface area contributed by atoms with Crippen LogP contribution in [0.5, 0.6) is 0 Å². The van der Waals surface area contributed by atoms with Gasteiger partial charge < -0.3 is 20.1 Å². The largest absolute Gasteiger partial charge is 0.479 e. The highest BCUT2D eigenvalue weighted by molar-refractivity contribution is 5.77. The Labute approximate surface area is 107 Å². The van der Waals surface area contributed by atoms with Gasteiger partial charge in [0, 0.05) is 20.2 Å². The zero-order valence-corrected chi connectivity index (χ0v) is 11.2. The van der Waals surface area contributed by atoms with E-state index < -0.39 is 12.1 Å². The number of rotatable bonds is 5. The van der Waals surface area contributed by atoms with Crippen molar-refractivity contribution in [3.05, 3.63) is 0 Å². The van der Waals surface area contributed by atoms with Gasteiger partial charge in [0.25, 0.3) is 0 Å². The van der Waals surface area contributed by atoms with Gasteiger partial charge in [-0.05, 0) is 18.3 Å². The van der Waals surface area contributed by atoms with Gasteiger partial charge in [-0.15, -0.1) is 0 Å². The maximum Gasteiger partial charge on any atom is 0.334 e. The summed E-state index contributed by atoms with van der Waals surface area (Å²) in [6.45, 7) is 5.77. The zero-order valence-electron chi connectivity index (χ0n) is 11.2. The zero-order chi connectivity index (χ0) is 13.7. The molecule has 1 aliphatic heterocycles. The van der Waals surface area contributed by atoms with Crippen LogP contribution in [0.25, 0.3) is 0 Å². The Morgan fingerprint density at radius 1 is 1.50 bits per heavy atom. The van der Waals surface area contributed by atoms with E-state index in [1.807, 2.05) is 0 Å². The van der Waals surface area contributed by atoms with E-state index >= 15 is 0 Å². The molecule has 0 bridgehead atoms. The summed E-state index contributed by atoms with van der Waals surface area (Å²) in [5.41, 5.74) is 0. The Kier molecular flexibility index (Phi) is 5.40. The molecule has 0 spiro atoms. The van der Waals surface area contributed by atoms with Gasteiger partial charge in [-0.3, -0.25) is 0 Å². The topological polar surface area (TPSA) is 78.9 Å². The predicted octanol–water partition coefficient (Wildman–Crippen LogP) is 0.773. The monoisotopic (exact) mass is 258 g/mol. The first-order valence-electron chi connectivity index (χ1n) is 6.24. The lowest BCUT2D eigenvalue weighted by Crippen LogP contribution is -2.44. The molecule has 0 aromatic rings. The summed E-state index contributed by atoms with van der Waals surface area (Å²) < 4.78 is 4.75. The van der Waals surface area contributed by atoms with Crippen LogP contribution in [-0.4, -0.2) is 54.9 Å². The summed E-state index contributed by atoms with van der Waals surface area (Å²) in [6, 6.07) is -0.207. The minimum Gasteiger partial charge on any atom is -0.479 e. The van der Waals surface area contributed by atoms with Crippen molar-refractivity contribution in [3.8, 4) is 0 Å². The Hall–Kier alpha value is -1.30. The number of carbonyl (C=O) groups is 2.